The van der Waals surface area contributed by atoms with Crippen LogP contribution in [-0.2, 0) is 11.3 Å². The topological polar surface area (TPSA) is 64.2 Å². The van der Waals surface area contributed by atoms with Crippen molar-refractivity contribution < 1.29 is 9.21 Å². The maximum Gasteiger partial charge on any atom is 0.235 e. The van der Waals surface area contributed by atoms with Crippen LogP contribution in [0.3, 0.4) is 0 Å². The van der Waals surface area contributed by atoms with E-state index in [0.717, 1.165) is 48.2 Å². The summed E-state index contributed by atoms with van der Waals surface area (Å²) in [5, 5.41) is 9.15. The van der Waals surface area contributed by atoms with Crippen LogP contribution in [0.4, 0.5) is 0 Å². The van der Waals surface area contributed by atoms with E-state index in [-0.39, 0.29) is 11.2 Å². The molecule has 3 rings (SSSR count). The van der Waals surface area contributed by atoms with E-state index in [0.29, 0.717) is 6.54 Å². The highest BCUT2D eigenvalue weighted by atomic mass is 32.2. The minimum atomic E-state index is -0.186. The van der Waals surface area contributed by atoms with E-state index in [2.05, 4.69) is 16.8 Å². The van der Waals surface area contributed by atoms with Crippen LogP contribution in [0.15, 0.2) is 34.6 Å². The van der Waals surface area contributed by atoms with Gasteiger partial charge in [-0.3, -0.25) is 9.36 Å². The Bertz CT molecular complexity index is 731. The minimum absolute atomic E-state index is 0.173. The van der Waals surface area contributed by atoms with Crippen LogP contribution in [0.25, 0.3) is 11.4 Å². The maximum atomic E-state index is 12.5. The van der Waals surface area contributed by atoms with Gasteiger partial charge in [-0.25, -0.2) is 0 Å². The lowest BCUT2D eigenvalue weighted by Crippen LogP contribution is -2.34. The maximum absolute atomic E-state index is 12.5. The molecule has 0 N–H and O–H groups in total. The van der Waals surface area contributed by atoms with Crippen LogP contribution in [0.2, 0.25) is 0 Å². The predicted molar refractivity (Wildman–Crippen MR) is 93.8 cm³/mol. The second-order valence-electron chi connectivity index (χ2n) is 5.89. The summed E-state index contributed by atoms with van der Waals surface area (Å²) < 4.78 is 7.35. The number of aromatic nitrogens is 3. The summed E-state index contributed by atoms with van der Waals surface area (Å²) in [5.74, 6) is 1.71. The number of aryl methyl sites for hydroxylation is 1. The lowest BCUT2D eigenvalue weighted by atomic mass is 10.2. The highest BCUT2D eigenvalue weighted by Gasteiger charge is 2.26. The third-order valence-corrected chi connectivity index (χ3v) is 5.24. The molecule has 6 nitrogen and oxygen atoms in total. The fourth-order valence-corrected chi connectivity index (χ4v) is 3.83. The third-order valence-electron chi connectivity index (χ3n) is 4.18. The molecule has 1 unspecified atom stereocenters. The van der Waals surface area contributed by atoms with Gasteiger partial charge in [-0.2, -0.15) is 0 Å². The van der Waals surface area contributed by atoms with Gasteiger partial charge >= 0.3 is 0 Å². The second kappa shape index (κ2) is 7.25. The SMILES string of the molecule is C=CCn1c(SC(C)C(=O)N2CCCC2)nnc1-c1ccoc1C. The van der Waals surface area contributed by atoms with Crippen molar-refractivity contribution in [1.82, 2.24) is 19.7 Å². The molecule has 1 atom stereocenters. The Morgan fingerprint density at radius 2 is 2.21 bits per heavy atom. The van der Waals surface area contributed by atoms with E-state index in [4.69, 9.17) is 4.42 Å². The Hall–Kier alpha value is -2.02. The quantitative estimate of drug-likeness (QED) is 0.594. The largest absolute Gasteiger partial charge is 0.469 e. The zero-order valence-electron chi connectivity index (χ0n) is 14.1. The number of allylic oxidation sites excluding steroid dienone is 1. The molecule has 1 amide bonds. The number of hydrogen-bond donors (Lipinski definition) is 0. The first-order valence-electron chi connectivity index (χ1n) is 8.16. The monoisotopic (exact) mass is 346 g/mol. The summed E-state index contributed by atoms with van der Waals surface area (Å²) in [4.78, 5) is 14.5. The molecule has 3 heterocycles. The molecule has 24 heavy (non-hydrogen) atoms. The molecule has 1 aliphatic heterocycles. The molecule has 2 aromatic heterocycles. The van der Waals surface area contributed by atoms with Crippen molar-refractivity contribution in [3.8, 4) is 11.4 Å². The lowest BCUT2D eigenvalue weighted by molar-refractivity contribution is -0.129. The minimum Gasteiger partial charge on any atom is -0.469 e. The van der Waals surface area contributed by atoms with Crippen molar-refractivity contribution in [3.05, 3.63) is 30.7 Å². The molecule has 1 fully saturated rings. The van der Waals surface area contributed by atoms with Crippen LogP contribution in [0.5, 0.6) is 0 Å². The zero-order valence-corrected chi connectivity index (χ0v) is 14.9. The molecule has 1 saturated heterocycles. The normalized spacial score (nSPS) is 15.7. The smallest absolute Gasteiger partial charge is 0.235 e. The van der Waals surface area contributed by atoms with Gasteiger partial charge in [-0.15, -0.1) is 16.8 Å². The van der Waals surface area contributed by atoms with E-state index in [9.17, 15) is 4.79 Å². The van der Waals surface area contributed by atoms with E-state index >= 15 is 0 Å². The molecule has 0 spiro atoms. The van der Waals surface area contributed by atoms with E-state index < -0.39 is 0 Å². The number of likely N-dealkylation sites (tertiary alicyclic amines) is 1. The van der Waals surface area contributed by atoms with Crippen LogP contribution in [-0.4, -0.2) is 43.9 Å². The number of carbonyl (C=O) groups is 1. The van der Waals surface area contributed by atoms with Gasteiger partial charge in [0.1, 0.15) is 5.76 Å². The Kier molecular flexibility index (Phi) is 5.08. The molecule has 0 aromatic carbocycles. The molecule has 0 radical (unpaired) electrons. The Morgan fingerprint density at radius 1 is 1.46 bits per heavy atom. The van der Waals surface area contributed by atoms with Crippen molar-refractivity contribution in [3.63, 3.8) is 0 Å². The summed E-state index contributed by atoms with van der Waals surface area (Å²) >= 11 is 1.45. The summed E-state index contributed by atoms with van der Waals surface area (Å²) in [6.45, 7) is 9.95. The number of rotatable bonds is 6. The Balaban J connectivity index is 1.82. The van der Waals surface area contributed by atoms with Crippen molar-refractivity contribution in [2.24, 2.45) is 0 Å². The Morgan fingerprint density at radius 3 is 2.83 bits per heavy atom. The summed E-state index contributed by atoms with van der Waals surface area (Å²) in [7, 11) is 0. The van der Waals surface area contributed by atoms with Gasteiger partial charge in [0.2, 0.25) is 5.91 Å². The first-order valence-corrected chi connectivity index (χ1v) is 9.03. The number of furan rings is 1. The molecule has 0 aliphatic carbocycles. The summed E-state index contributed by atoms with van der Waals surface area (Å²) in [5.41, 5.74) is 0.912. The van der Waals surface area contributed by atoms with Crippen molar-refractivity contribution >= 4 is 17.7 Å². The zero-order chi connectivity index (χ0) is 17.1. The van der Waals surface area contributed by atoms with Crippen LogP contribution in [0, 0.1) is 6.92 Å². The molecular weight excluding hydrogens is 324 g/mol. The van der Waals surface area contributed by atoms with Gasteiger partial charge in [0.15, 0.2) is 11.0 Å². The van der Waals surface area contributed by atoms with Gasteiger partial charge in [0.25, 0.3) is 0 Å². The molecule has 7 heteroatoms. The van der Waals surface area contributed by atoms with Crippen LogP contribution >= 0.6 is 11.8 Å². The predicted octanol–water partition coefficient (Wildman–Crippen LogP) is 3.14. The van der Waals surface area contributed by atoms with E-state index in [1.807, 2.05) is 29.4 Å². The highest BCUT2D eigenvalue weighted by molar-refractivity contribution is 8.00. The van der Waals surface area contributed by atoms with Gasteiger partial charge in [-0.1, -0.05) is 17.8 Å². The second-order valence-corrected chi connectivity index (χ2v) is 7.20. The fourth-order valence-electron chi connectivity index (χ4n) is 2.89. The fraction of sp³-hybridized carbons (Fsp3) is 0.471. The first-order chi connectivity index (χ1) is 11.6. The molecular formula is C17H22N4O2S. The van der Waals surface area contributed by atoms with Crippen LogP contribution < -0.4 is 0 Å². The summed E-state index contributed by atoms with van der Waals surface area (Å²) in [6.07, 6.45) is 5.64. The molecule has 0 bridgehead atoms. The van der Waals surface area contributed by atoms with E-state index in [1.54, 1.807) is 12.3 Å². The number of amides is 1. The molecule has 2 aromatic rings. The first kappa shape index (κ1) is 16.8. The number of hydrogen-bond acceptors (Lipinski definition) is 5. The number of carbonyl (C=O) groups excluding carboxylic acids is 1. The Labute approximate surface area is 145 Å². The van der Waals surface area contributed by atoms with Gasteiger partial charge < -0.3 is 9.32 Å². The average molecular weight is 346 g/mol. The van der Waals surface area contributed by atoms with Gasteiger partial charge in [0, 0.05) is 19.6 Å². The number of nitrogens with zero attached hydrogens (tertiary/aromatic N) is 4. The van der Waals surface area contributed by atoms with Gasteiger partial charge in [0.05, 0.1) is 17.1 Å². The summed E-state index contributed by atoms with van der Waals surface area (Å²) in [6, 6.07) is 1.88. The molecule has 1 aliphatic rings. The standard InChI is InChI=1S/C17H22N4O2S/c1-4-8-21-15(14-7-11-23-12(14)2)18-19-17(21)24-13(3)16(22)20-9-5-6-10-20/h4,7,11,13H,1,5-6,8-10H2,2-3H3. The van der Waals surface area contributed by atoms with Crippen molar-refractivity contribution in [2.45, 2.75) is 43.6 Å². The van der Waals surface area contributed by atoms with Crippen molar-refractivity contribution in [2.75, 3.05) is 13.1 Å². The van der Waals surface area contributed by atoms with Crippen LogP contribution in [0.1, 0.15) is 25.5 Å². The average Bonchev–Trinajstić information content (AvgIpc) is 3.29. The number of thioether (sulfide) groups is 1. The van der Waals surface area contributed by atoms with Crippen molar-refractivity contribution in [1.29, 1.82) is 0 Å². The molecule has 0 saturated carbocycles. The van der Waals surface area contributed by atoms with Gasteiger partial charge in [-0.05, 0) is 32.8 Å². The highest BCUT2D eigenvalue weighted by Crippen LogP contribution is 2.30. The van der Waals surface area contributed by atoms with E-state index in [1.165, 1.54) is 11.8 Å². The third kappa shape index (κ3) is 3.26. The lowest BCUT2D eigenvalue weighted by Gasteiger charge is -2.19. The molecule has 128 valence electrons.